The first-order valence-corrected chi connectivity index (χ1v) is 6.95. The molecule has 19 heavy (non-hydrogen) atoms. The summed E-state index contributed by atoms with van der Waals surface area (Å²) >= 11 is 0. The summed E-state index contributed by atoms with van der Waals surface area (Å²) in [6, 6.07) is 4.43. The van der Waals surface area contributed by atoms with E-state index in [2.05, 4.69) is 28.4 Å². The van der Waals surface area contributed by atoms with E-state index in [0.29, 0.717) is 12.0 Å². The molecule has 2 heterocycles. The highest BCUT2D eigenvalue weighted by atomic mass is 16.3. The molecule has 0 bridgehead atoms. The van der Waals surface area contributed by atoms with Gasteiger partial charge in [-0.15, -0.1) is 0 Å². The average molecular weight is 260 g/mol. The Hall–Kier alpha value is -1.62. The molecule has 2 aromatic heterocycles. The first-order valence-electron chi connectivity index (χ1n) is 6.95. The lowest BCUT2D eigenvalue weighted by atomic mass is 9.85. The van der Waals surface area contributed by atoms with Gasteiger partial charge in [-0.25, -0.2) is 4.98 Å². The Morgan fingerprint density at radius 3 is 3.05 bits per heavy atom. The van der Waals surface area contributed by atoms with Gasteiger partial charge in [-0.3, -0.25) is 0 Å². The highest BCUT2D eigenvalue weighted by Crippen LogP contribution is 2.27. The number of hydrogen-bond donors (Lipinski definition) is 2. The molecule has 0 aromatic carbocycles. The van der Waals surface area contributed by atoms with Gasteiger partial charge in [-0.2, -0.15) is 9.61 Å². The Kier molecular flexibility index (Phi) is 3.38. The molecule has 2 aromatic rings. The molecule has 102 valence electrons. The van der Waals surface area contributed by atoms with Gasteiger partial charge in [0.25, 0.3) is 0 Å². The van der Waals surface area contributed by atoms with Crippen molar-refractivity contribution >= 4 is 11.5 Å². The van der Waals surface area contributed by atoms with Crippen molar-refractivity contribution in [1.82, 2.24) is 14.6 Å². The fourth-order valence-corrected chi connectivity index (χ4v) is 2.97. The normalized spacial score (nSPS) is 23.7. The average Bonchev–Trinajstić information content (AvgIpc) is 2.87. The van der Waals surface area contributed by atoms with E-state index < -0.39 is 0 Å². The zero-order valence-electron chi connectivity index (χ0n) is 11.2. The quantitative estimate of drug-likeness (QED) is 0.886. The molecule has 0 amide bonds. The summed E-state index contributed by atoms with van der Waals surface area (Å²) in [5.74, 6) is 1.31. The number of aliphatic hydroxyl groups is 1. The third-order valence-corrected chi connectivity index (χ3v) is 4.00. The van der Waals surface area contributed by atoms with E-state index in [-0.39, 0.29) is 6.61 Å². The number of nitrogens with one attached hydrogen (secondary N) is 1. The smallest absolute Gasteiger partial charge is 0.157 e. The van der Waals surface area contributed by atoms with Gasteiger partial charge in [0.05, 0.1) is 0 Å². The second-order valence-corrected chi connectivity index (χ2v) is 5.43. The van der Waals surface area contributed by atoms with Crippen molar-refractivity contribution in [3.63, 3.8) is 0 Å². The third-order valence-electron chi connectivity index (χ3n) is 4.00. The molecule has 0 spiro atoms. The van der Waals surface area contributed by atoms with Crippen molar-refractivity contribution in [2.45, 2.75) is 38.6 Å². The highest BCUT2D eigenvalue weighted by Gasteiger charge is 2.25. The van der Waals surface area contributed by atoms with Crippen molar-refractivity contribution in [2.75, 3.05) is 11.9 Å². The third kappa shape index (κ3) is 2.42. The molecule has 5 heteroatoms. The Labute approximate surface area is 112 Å². The molecule has 5 nitrogen and oxygen atoms in total. The molecule has 1 saturated carbocycles. The van der Waals surface area contributed by atoms with Gasteiger partial charge in [0.2, 0.25) is 0 Å². The van der Waals surface area contributed by atoms with Crippen LogP contribution in [0.5, 0.6) is 0 Å². The van der Waals surface area contributed by atoms with Crippen LogP contribution in [0.25, 0.3) is 5.65 Å². The molecule has 3 rings (SSSR count). The van der Waals surface area contributed by atoms with Crippen LogP contribution in [0.1, 0.15) is 31.2 Å². The second-order valence-electron chi connectivity index (χ2n) is 5.43. The fourth-order valence-electron chi connectivity index (χ4n) is 2.97. The standard InChI is InChI=1S/C14H20N4O/c1-10-6-13-15-9-16-18(13)14(7-10)17-12-5-3-2-4-11(12)8-19/h6-7,9,11-12,17,19H,2-5,8H2,1H3. The number of aryl methyl sites for hydroxylation is 1. The van der Waals surface area contributed by atoms with Crippen molar-refractivity contribution < 1.29 is 5.11 Å². The van der Waals surface area contributed by atoms with E-state index in [1.807, 2.05) is 10.6 Å². The van der Waals surface area contributed by atoms with Crippen LogP contribution >= 0.6 is 0 Å². The van der Waals surface area contributed by atoms with E-state index in [1.165, 1.54) is 18.4 Å². The molecule has 0 radical (unpaired) electrons. The first kappa shape index (κ1) is 12.4. The van der Waals surface area contributed by atoms with Crippen molar-refractivity contribution in [3.8, 4) is 0 Å². The molecular weight excluding hydrogens is 240 g/mol. The maximum absolute atomic E-state index is 9.49. The van der Waals surface area contributed by atoms with Gasteiger partial charge in [0, 0.05) is 18.6 Å². The van der Waals surface area contributed by atoms with Crippen LogP contribution < -0.4 is 5.32 Å². The number of fused-ring (bicyclic) bond motifs is 1. The van der Waals surface area contributed by atoms with Gasteiger partial charge in [-0.1, -0.05) is 12.8 Å². The van der Waals surface area contributed by atoms with Gasteiger partial charge >= 0.3 is 0 Å². The minimum Gasteiger partial charge on any atom is -0.396 e. The lowest BCUT2D eigenvalue weighted by molar-refractivity contribution is 0.178. The number of aromatic nitrogens is 3. The van der Waals surface area contributed by atoms with E-state index in [1.54, 1.807) is 6.33 Å². The van der Waals surface area contributed by atoms with Crippen LogP contribution in [0.3, 0.4) is 0 Å². The molecule has 2 unspecified atom stereocenters. The van der Waals surface area contributed by atoms with E-state index >= 15 is 0 Å². The topological polar surface area (TPSA) is 62.5 Å². The number of hydrogen-bond acceptors (Lipinski definition) is 4. The number of aliphatic hydroxyl groups excluding tert-OH is 1. The van der Waals surface area contributed by atoms with Crippen molar-refractivity contribution in [3.05, 3.63) is 24.0 Å². The predicted molar refractivity (Wildman–Crippen MR) is 74.2 cm³/mol. The Bertz CT molecular complexity index is 566. The van der Waals surface area contributed by atoms with Crippen molar-refractivity contribution in [2.24, 2.45) is 5.92 Å². The van der Waals surface area contributed by atoms with Crippen LogP contribution in [0, 0.1) is 12.8 Å². The summed E-state index contributed by atoms with van der Waals surface area (Å²) in [7, 11) is 0. The monoisotopic (exact) mass is 260 g/mol. The van der Waals surface area contributed by atoms with E-state index in [4.69, 9.17) is 0 Å². The molecular formula is C14H20N4O. The van der Waals surface area contributed by atoms with Crippen LogP contribution in [0.15, 0.2) is 18.5 Å². The molecule has 2 N–H and O–H groups in total. The van der Waals surface area contributed by atoms with Crippen LogP contribution in [0.2, 0.25) is 0 Å². The largest absolute Gasteiger partial charge is 0.396 e. The number of anilines is 1. The summed E-state index contributed by atoms with van der Waals surface area (Å²) in [5.41, 5.74) is 2.03. The summed E-state index contributed by atoms with van der Waals surface area (Å²) in [4.78, 5) is 4.23. The van der Waals surface area contributed by atoms with Gasteiger partial charge in [-0.05, 0) is 37.5 Å². The maximum atomic E-state index is 9.49. The molecule has 0 aliphatic heterocycles. The zero-order valence-corrected chi connectivity index (χ0v) is 11.2. The maximum Gasteiger partial charge on any atom is 0.157 e. The van der Waals surface area contributed by atoms with E-state index in [0.717, 1.165) is 24.3 Å². The van der Waals surface area contributed by atoms with Crippen molar-refractivity contribution in [1.29, 1.82) is 0 Å². The Balaban J connectivity index is 1.89. The predicted octanol–water partition coefficient (Wildman–Crippen LogP) is 2.00. The fraction of sp³-hybridized carbons (Fsp3) is 0.571. The number of nitrogens with zero attached hydrogens (tertiary/aromatic N) is 3. The molecule has 0 saturated heterocycles. The minimum atomic E-state index is 0.254. The second kappa shape index (κ2) is 5.17. The lowest BCUT2D eigenvalue weighted by Crippen LogP contribution is -2.35. The van der Waals surface area contributed by atoms with Crippen LogP contribution in [-0.4, -0.2) is 32.4 Å². The SMILES string of the molecule is Cc1cc(NC2CCCCC2CO)n2ncnc2c1. The summed E-state index contributed by atoms with van der Waals surface area (Å²) < 4.78 is 1.83. The van der Waals surface area contributed by atoms with Gasteiger partial charge in [0.15, 0.2) is 5.65 Å². The van der Waals surface area contributed by atoms with E-state index in [9.17, 15) is 5.11 Å². The summed E-state index contributed by atoms with van der Waals surface area (Å²) in [5, 5.41) is 17.3. The number of pyridine rings is 1. The molecule has 2 atom stereocenters. The minimum absolute atomic E-state index is 0.254. The highest BCUT2D eigenvalue weighted by molar-refractivity contribution is 5.51. The number of rotatable bonds is 3. The van der Waals surface area contributed by atoms with Gasteiger partial charge in [0.1, 0.15) is 12.1 Å². The molecule has 1 fully saturated rings. The van der Waals surface area contributed by atoms with Crippen LogP contribution in [0.4, 0.5) is 5.82 Å². The molecule has 1 aliphatic rings. The van der Waals surface area contributed by atoms with Crippen LogP contribution in [-0.2, 0) is 0 Å². The Morgan fingerprint density at radius 1 is 1.37 bits per heavy atom. The summed E-state index contributed by atoms with van der Waals surface area (Å²) in [6.45, 7) is 2.31. The molecule has 1 aliphatic carbocycles. The Morgan fingerprint density at radius 2 is 2.21 bits per heavy atom. The first-order chi connectivity index (χ1) is 9.28. The zero-order chi connectivity index (χ0) is 13.2. The summed E-state index contributed by atoms with van der Waals surface area (Å²) in [6.07, 6.45) is 6.22. The van der Waals surface area contributed by atoms with Gasteiger partial charge < -0.3 is 10.4 Å². The lowest BCUT2D eigenvalue weighted by Gasteiger charge is -2.31.